The van der Waals surface area contributed by atoms with E-state index in [1.807, 2.05) is 36.4 Å². The molecule has 1 aromatic heterocycles. The number of furan rings is 1. The molecule has 2 N–H and O–H groups in total. The van der Waals surface area contributed by atoms with Crippen molar-refractivity contribution in [3.63, 3.8) is 0 Å². The van der Waals surface area contributed by atoms with Gasteiger partial charge in [0.15, 0.2) is 0 Å². The zero-order valence-corrected chi connectivity index (χ0v) is 23.8. The number of ether oxygens (including phenoxy) is 1. The Labute approximate surface area is 244 Å². The van der Waals surface area contributed by atoms with Gasteiger partial charge in [-0.2, -0.15) is 5.10 Å². The smallest absolute Gasteiger partial charge is 0.287 e. The van der Waals surface area contributed by atoms with Crippen molar-refractivity contribution in [2.45, 2.75) is 13.8 Å². The number of anilines is 1. The molecule has 0 fully saturated rings. The summed E-state index contributed by atoms with van der Waals surface area (Å²) >= 11 is 6.22. The molecule has 1 heterocycles. The lowest BCUT2D eigenvalue weighted by atomic mass is 10.1. The summed E-state index contributed by atoms with van der Waals surface area (Å²) < 4.78 is 11.0. The van der Waals surface area contributed by atoms with Crippen molar-refractivity contribution in [1.82, 2.24) is 10.7 Å². The molecular formula is C32H31ClN4O4. The summed E-state index contributed by atoms with van der Waals surface area (Å²) in [5.41, 5.74) is 5.52. The molecule has 0 aliphatic rings. The standard InChI is InChI=1S/C32H31ClN4O4/c1-4-37(5-2)25-14-11-22(12-15-25)19-28(35-31(38)23-9-7-6-8-10-23)32(39)36-34-21-26-16-18-29(41-26)24-13-17-30(40-3)27(33)20-24/h6-21H,4-5H2,1-3H3,(H,35,38)(H,36,39). The number of halogens is 1. The molecule has 4 aromatic rings. The van der Waals surface area contributed by atoms with Crippen LogP contribution in [0.1, 0.15) is 35.5 Å². The summed E-state index contributed by atoms with van der Waals surface area (Å²) in [7, 11) is 1.55. The maximum Gasteiger partial charge on any atom is 0.287 e. The monoisotopic (exact) mass is 570 g/mol. The molecule has 0 atom stereocenters. The summed E-state index contributed by atoms with van der Waals surface area (Å²) in [5.74, 6) is 0.551. The molecule has 0 unspecified atom stereocenters. The maximum atomic E-state index is 13.1. The third-order valence-electron chi connectivity index (χ3n) is 6.28. The van der Waals surface area contributed by atoms with Crippen molar-refractivity contribution in [1.29, 1.82) is 0 Å². The van der Waals surface area contributed by atoms with Gasteiger partial charge in [0, 0.05) is 29.9 Å². The summed E-state index contributed by atoms with van der Waals surface area (Å²) in [6.07, 6.45) is 2.98. The molecule has 2 amide bonds. The third-order valence-corrected chi connectivity index (χ3v) is 6.58. The van der Waals surface area contributed by atoms with E-state index in [-0.39, 0.29) is 5.70 Å². The normalized spacial score (nSPS) is 11.4. The maximum absolute atomic E-state index is 13.1. The topological polar surface area (TPSA) is 96.2 Å². The van der Waals surface area contributed by atoms with E-state index in [0.29, 0.717) is 27.9 Å². The van der Waals surface area contributed by atoms with Crippen molar-refractivity contribution >= 4 is 41.4 Å². The van der Waals surface area contributed by atoms with E-state index >= 15 is 0 Å². The van der Waals surface area contributed by atoms with Gasteiger partial charge in [-0.1, -0.05) is 41.9 Å². The number of hydrogen-bond acceptors (Lipinski definition) is 6. The number of nitrogens with zero attached hydrogens (tertiary/aromatic N) is 2. The van der Waals surface area contributed by atoms with E-state index in [1.165, 1.54) is 6.21 Å². The van der Waals surface area contributed by atoms with Gasteiger partial charge in [0.1, 0.15) is 23.0 Å². The van der Waals surface area contributed by atoms with E-state index in [4.69, 9.17) is 20.8 Å². The van der Waals surface area contributed by atoms with Gasteiger partial charge in [-0.05, 0) is 80.1 Å². The molecule has 4 rings (SSSR count). The first kappa shape index (κ1) is 29.2. The van der Waals surface area contributed by atoms with E-state index in [1.54, 1.807) is 61.7 Å². The molecule has 0 bridgehead atoms. The Morgan fingerprint density at radius 1 is 0.976 bits per heavy atom. The van der Waals surface area contributed by atoms with Crippen LogP contribution in [0.3, 0.4) is 0 Å². The first-order valence-corrected chi connectivity index (χ1v) is 13.5. The van der Waals surface area contributed by atoms with Crippen LogP contribution in [0.15, 0.2) is 100 Å². The van der Waals surface area contributed by atoms with Crippen LogP contribution in [-0.4, -0.2) is 38.2 Å². The Morgan fingerprint density at radius 3 is 2.37 bits per heavy atom. The van der Waals surface area contributed by atoms with Crippen molar-refractivity contribution in [3.05, 3.63) is 113 Å². The number of rotatable bonds is 11. The van der Waals surface area contributed by atoms with Gasteiger partial charge >= 0.3 is 0 Å². The fourth-order valence-corrected chi connectivity index (χ4v) is 4.35. The molecule has 0 spiro atoms. The van der Waals surface area contributed by atoms with Crippen LogP contribution in [0.5, 0.6) is 5.75 Å². The van der Waals surface area contributed by atoms with E-state index in [2.05, 4.69) is 34.6 Å². The van der Waals surface area contributed by atoms with Gasteiger partial charge in [-0.25, -0.2) is 5.43 Å². The van der Waals surface area contributed by atoms with Crippen molar-refractivity contribution in [2.24, 2.45) is 5.10 Å². The fraction of sp³-hybridized carbons (Fsp3) is 0.156. The molecule has 9 heteroatoms. The van der Waals surface area contributed by atoms with Gasteiger partial charge in [0.25, 0.3) is 11.8 Å². The summed E-state index contributed by atoms with van der Waals surface area (Å²) in [6, 6.07) is 25.2. The lowest BCUT2D eigenvalue weighted by Crippen LogP contribution is -2.32. The Hall–Kier alpha value is -4.82. The highest BCUT2D eigenvalue weighted by atomic mass is 35.5. The zero-order valence-electron chi connectivity index (χ0n) is 23.1. The first-order valence-electron chi connectivity index (χ1n) is 13.1. The third kappa shape index (κ3) is 7.64. The Bertz CT molecular complexity index is 1540. The van der Waals surface area contributed by atoms with Crippen LogP contribution < -0.4 is 20.4 Å². The fourth-order valence-electron chi connectivity index (χ4n) is 4.09. The van der Waals surface area contributed by atoms with Crippen molar-refractivity contribution < 1.29 is 18.7 Å². The Kier molecular flexibility index (Phi) is 9.96. The molecule has 0 radical (unpaired) electrons. The average molecular weight is 571 g/mol. The Morgan fingerprint density at radius 2 is 1.71 bits per heavy atom. The van der Waals surface area contributed by atoms with Crippen LogP contribution >= 0.6 is 11.6 Å². The second-order valence-electron chi connectivity index (χ2n) is 8.89. The second-order valence-corrected chi connectivity index (χ2v) is 9.30. The van der Waals surface area contributed by atoms with Crippen LogP contribution in [0, 0.1) is 0 Å². The number of carbonyl (C=O) groups is 2. The number of carbonyl (C=O) groups excluding carboxylic acids is 2. The molecule has 41 heavy (non-hydrogen) atoms. The minimum absolute atomic E-state index is 0.0413. The highest BCUT2D eigenvalue weighted by Gasteiger charge is 2.15. The summed E-state index contributed by atoms with van der Waals surface area (Å²) in [5, 5.41) is 7.20. The van der Waals surface area contributed by atoms with Crippen molar-refractivity contribution in [3.8, 4) is 17.1 Å². The van der Waals surface area contributed by atoms with Crippen LogP contribution in [-0.2, 0) is 4.79 Å². The number of hydrogen-bond donors (Lipinski definition) is 2. The number of methoxy groups -OCH3 is 1. The van der Waals surface area contributed by atoms with E-state index in [9.17, 15) is 9.59 Å². The van der Waals surface area contributed by atoms with Crippen LogP contribution in [0.25, 0.3) is 17.4 Å². The molecule has 0 aliphatic carbocycles. The SMILES string of the molecule is CCN(CC)c1ccc(C=C(NC(=O)c2ccccc2)C(=O)NN=Cc2ccc(-c3ccc(OC)c(Cl)c3)o2)cc1. The number of benzene rings is 3. The molecule has 3 aromatic carbocycles. The molecule has 8 nitrogen and oxygen atoms in total. The van der Waals surface area contributed by atoms with Crippen LogP contribution in [0.4, 0.5) is 5.69 Å². The molecule has 210 valence electrons. The van der Waals surface area contributed by atoms with Crippen molar-refractivity contribution in [2.75, 3.05) is 25.1 Å². The van der Waals surface area contributed by atoms with Crippen LogP contribution in [0.2, 0.25) is 5.02 Å². The average Bonchev–Trinajstić information content (AvgIpc) is 3.47. The predicted molar refractivity (Wildman–Crippen MR) is 163 cm³/mol. The largest absolute Gasteiger partial charge is 0.495 e. The summed E-state index contributed by atoms with van der Waals surface area (Å²) in [6.45, 7) is 5.96. The van der Waals surface area contributed by atoms with Gasteiger partial charge in [-0.15, -0.1) is 0 Å². The minimum atomic E-state index is -0.591. The lowest BCUT2D eigenvalue weighted by molar-refractivity contribution is -0.117. The summed E-state index contributed by atoms with van der Waals surface area (Å²) in [4.78, 5) is 28.2. The highest BCUT2D eigenvalue weighted by Crippen LogP contribution is 2.30. The number of amides is 2. The van der Waals surface area contributed by atoms with Gasteiger partial charge in [0.2, 0.25) is 0 Å². The first-order chi connectivity index (χ1) is 19.9. The van der Waals surface area contributed by atoms with Gasteiger partial charge in [-0.3, -0.25) is 9.59 Å². The highest BCUT2D eigenvalue weighted by molar-refractivity contribution is 6.32. The lowest BCUT2D eigenvalue weighted by Gasteiger charge is -2.20. The van der Waals surface area contributed by atoms with Gasteiger partial charge in [0.05, 0.1) is 18.3 Å². The predicted octanol–water partition coefficient (Wildman–Crippen LogP) is 6.38. The number of hydrazone groups is 1. The minimum Gasteiger partial charge on any atom is -0.495 e. The van der Waals surface area contributed by atoms with E-state index in [0.717, 1.165) is 29.9 Å². The molecule has 0 saturated carbocycles. The van der Waals surface area contributed by atoms with E-state index < -0.39 is 11.8 Å². The molecule has 0 saturated heterocycles. The Balaban J connectivity index is 1.51. The number of nitrogens with one attached hydrogen (secondary N) is 2. The second kappa shape index (κ2) is 14.0. The quantitative estimate of drug-likeness (QED) is 0.124. The molecule has 0 aliphatic heterocycles. The zero-order chi connectivity index (χ0) is 29.2. The van der Waals surface area contributed by atoms with Gasteiger partial charge < -0.3 is 19.4 Å². The molecular weight excluding hydrogens is 540 g/mol.